The van der Waals surface area contributed by atoms with Gasteiger partial charge in [-0.1, -0.05) is 18.2 Å². The van der Waals surface area contributed by atoms with Crippen molar-refractivity contribution in [2.45, 2.75) is 19.0 Å². The number of phenolic OH excluding ortho intramolecular Hbond substituents is 1. The molecular weight excluding hydrogens is 369 g/mol. The third kappa shape index (κ3) is 3.19. The van der Waals surface area contributed by atoms with Gasteiger partial charge in [0.05, 0.1) is 30.0 Å². The number of nitrogens with zero attached hydrogens (tertiary/aromatic N) is 3. The van der Waals surface area contributed by atoms with Crippen LogP contribution >= 0.6 is 0 Å². The van der Waals surface area contributed by atoms with E-state index >= 15 is 0 Å². The quantitative estimate of drug-likeness (QED) is 0.496. The number of rotatable bonds is 4. The number of hydrogen-bond donors (Lipinski definition) is 3. The van der Waals surface area contributed by atoms with Gasteiger partial charge in [0.15, 0.2) is 0 Å². The number of aromatic hydroxyl groups is 1. The first-order chi connectivity index (χ1) is 14.2. The van der Waals surface area contributed by atoms with Crippen LogP contribution in [0.1, 0.15) is 28.6 Å². The third-order valence-corrected chi connectivity index (χ3v) is 5.48. The van der Waals surface area contributed by atoms with Gasteiger partial charge in [0.1, 0.15) is 11.6 Å². The maximum atomic E-state index is 13.3. The summed E-state index contributed by atoms with van der Waals surface area (Å²) in [5.74, 6) is -0.0131. The van der Waals surface area contributed by atoms with E-state index in [1.54, 1.807) is 30.7 Å². The molecule has 0 radical (unpaired) electrons. The molecule has 7 heteroatoms. The van der Waals surface area contributed by atoms with Gasteiger partial charge >= 0.3 is 0 Å². The van der Waals surface area contributed by atoms with E-state index in [0.29, 0.717) is 6.54 Å². The van der Waals surface area contributed by atoms with Crippen LogP contribution in [-0.4, -0.2) is 36.7 Å². The summed E-state index contributed by atoms with van der Waals surface area (Å²) in [4.78, 5) is 10.1. The number of nitrogens with one attached hydrogen (secondary N) is 2. The molecule has 0 fully saturated rings. The molecule has 1 atom stereocenters. The van der Waals surface area contributed by atoms with Gasteiger partial charge in [-0.2, -0.15) is 5.10 Å². The number of H-pyrrole nitrogens is 2. The van der Waals surface area contributed by atoms with Crippen molar-refractivity contribution in [1.82, 2.24) is 25.1 Å². The van der Waals surface area contributed by atoms with Crippen LogP contribution in [0.5, 0.6) is 5.75 Å². The Kier molecular flexibility index (Phi) is 4.37. The first-order valence-electron chi connectivity index (χ1n) is 9.53. The SMILES string of the molecule is Oc1ccccc1C1c2nc[nH]c2CCN1Cc1cn[nH]c1-c1ccc(F)cc1. The molecule has 29 heavy (non-hydrogen) atoms. The summed E-state index contributed by atoms with van der Waals surface area (Å²) < 4.78 is 13.3. The average Bonchev–Trinajstić information content (AvgIpc) is 3.39. The van der Waals surface area contributed by atoms with Gasteiger partial charge in [-0.25, -0.2) is 9.37 Å². The zero-order chi connectivity index (χ0) is 19.8. The molecule has 3 heterocycles. The first-order valence-corrected chi connectivity index (χ1v) is 9.53. The largest absolute Gasteiger partial charge is 0.508 e. The molecule has 4 aromatic rings. The van der Waals surface area contributed by atoms with Gasteiger partial charge in [-0.3, -0.25) is 10.00 Å². The fourth-order valence-electron chi connectivity index (χ4n) is 4.07. The standard InChI is InChI=1S/C22H20FN5O/c23-16-7-5-14(6-8-16)20-15(11-26-27-20)12-28-10-9-18-21(25-13-24-18)22(28)17-3-1-2-4-19(17)29/h1-8,11,13,22,29H,9-10,12H2,(H,24,25)(H,26,27). The molecule has 0 amide bonds. The van der Waals surface area contributed by atoms with Crippen LogP contribution in [-0.2, 0) is 13.0 Å². The van der Waals surface area contributed by atoms with Crippen molar-refractivity contribution < 1.29 is 9.50 Å². The Labute approximate surface area is 167 Å². The lowest BCUT2D eigenvalue weighted by Crippen LogP contribution is -2.36. The highest BCUT2D eigenvalue weighted by atomic mass is 19.1. The van der Waals surface area contributed by atoms with E-state index in [1.807, 2.05) is 18.2 Å². The fraction of sp³-hybridized carbons (Fsp3) is 0.182. The summed E-state index contributed by atoms with van der Waals surface area (Å²) in [5.41, 5.74) is 5.62. The highest BCUT2D eigenvalue weighted by molar-refractivity contribution is 5.62. The fourth-order valence-corrected chi connectivity index (χ4v) is 4.07. The summed E-state index contributed by atoms with van der Waals surface area (Å²) in [6, 6.07) is 13.6. The Morgan fingerprint density at radius 2 is 1.97 bits per heavy atom. The van der Waals surface area contributed by atoms with E-state index < -0.39 is 0 Å². The number of hydrogen-bond acceptors (Lipinski definition) is 4. The summed E-state index contributed by atoms with van der Waals surface area (Å²) in [6.07, 6.45) is 4.37. The molecule has 1 aliphatic rings. The van der Waals surface area contributed by atoms with Gasteiger partial charge in [0.2, 0.25) is 0 Å². The number of imidazole rings is 1. The molecule has 2 aromatic carbocycles. The minimum Gasteiger partial charge on any atom is -0.508 e. The van der Waals surface area contributed by atoms with Crippen molar-refractivity contribution in [1.29, 1.82) is 0 Å². The third-order valence-electron chi connectivity index (χ3n) is 5.48. The molecule has 5 rings (SSSR count). The van der Waals surface area contributed by atoms with Crippen LogP contribution in [0.15, 0.2) is 61.1 Å². The number of fused-ring (bicyclic) bond motifs is 1. The van der Waals surface area contributed by atoms with Gasteiger partial charge in [0.25, 0.3) is 0 Å². The smallest absolute Gasteiger partial charge is 0.123 e. The summed E-state index contributed by atoms with van der Waals surface area (Å²) in [5, 5.41) is 17.8. The van der Waals surface area contributed by atoms with Crippen LogP contribution in [0.25, 0.3) is 11.3 Å². The number of aromatic nitrogens is 4. The highest BCUT2D eigenvalue weighted by Gasteiger charge is 2.33. The molecule has 146 valence electrons. The van der Waals surface area contributed by atoms with Crippen molar-refractivity contribution >= 4 is 0 Å². The van der Waals surface area contributed by atoms with Gasteiger partial charge < -0.3 is 10.1 Å². The van der Waals surface area contributed by atoms with E-state index in [4.69, 9.17) is 0 Å². The van der Waals surface area contributed by atoms with Gasteiger partial charge in [-0.05, 0) is 30.3 Å². The molecule has 0 saturated carbocycles. The lowest BCUT2D eigenvalue weighted by molar-refractivity contribution is 0.197. The second kappa shape index (κ2) is 7.18. The van der Waals surface area contributed by atoms with Gasteiger partial charge in [0, 0.05) is 41.9 Å². The Balaban J connectivity index is 1.52. The Morgan fingerprint density at radius 1 is 1.14 bits per heavy atom. The summed E-state index contributed by atoms with van der Waals surface area (Å²) in [7, 11) is 0. The van der Waals surface area contributed by atoms with E-state index in [9.17, 15) is 9.50 Å². The molecule has 6 nitrogen and oxygen atoms in total. The second-order valence-corrected chi connectivity index (χ2v) is 7.23. The molecule has 0 spiro atoms. The summed E-state index contributed by atoms with van der Waals surface area (Å²) >= 11 is 0. The highest BCUT2D eigenvalue weighted by Crippen LogP contribution is 2.38. The molecule has 3 N–H and O–H groups in total. The number of halogens is 1. The predicted molar refractivity (Wildman–Crippen MR) is 107 cm³/mol. The molecular formula is C22H20FN5O. The van der Waals surface area contributed by atoms with Gasteiger partial charge in [-0.15, -0.1) is 0 Å². The number of phenols is 1. The predicted octanol–water partition coefficient (Wildman–Crippen LogP) is 3.79. The van der Waals surface area contributed by atoms with Crippen LogP contribution in [0, 0.1) is 5.82 Å². The van der Waals surface area contributed by atoms with Crippen molar-refractivity contribution in [2.24, 2.45) is 0 Å². The lowest BCUT2D eigenvalue weighted by atomic mass is 9.94. The minimum atomic E-state index is -0.267. The number of benzene rings is 2. The van der Waals surface area contributed by atoms with Crippen molar-refractivity contribution in [3.05, 3.63) is 89.4 Å². The molecule has 1 unspecified atom stereocenters. The first kappa shape index (κ1) is 17.6. The molecule has 1 aliphatic heterocycles. The van der Waals surface area contributed by atoms with E-state index in [2.05, 4.69) is 25.1 Å². The van der Waals surface area contributed by atoms with Crippen LogP contribution in [0.3, 0.4) is 0 Å². The van der Waals surface area contributed by atoms with Crippen molar-refractivity contribution in [3.63, 3.8) is 0 Å². The van der Waals surface area contributed by atoms with Crippen molar-refractivity contribution in [2.75, 3.05) is 6.54 Å². The Morgan fingerprint density at radius 3 is 2.79 bits per heavy atom. The maximum Gasteiger partial charge on any atom is 0.123 e. The van der Waals surface area contributed by atoms with Crippen molar-refractivity contribution in [3.8, 4) is 17.0 Å². The van der Waals surface area contributed by atoms with Crippen LogP contribution in [0.4, 0.5) is 4.39 Å². The zero-order valence-corrected chi connectivity index (χ0v) is 15.6. The van der Waals surface area contributed by atoms with E-state index in [1.165, 1.54) is 12.1 Å². The molecule has 2 aromatic heterocycles. The number of para-hydroxylation sites is 1. The van der Waals surface area contributed by atoms with Crippen LogP contribution < -0.4 is 0 Å². The molecule has 0 bridgehead atoms. The normalized spacial score (nSPS) is 16.7. The molecule has 0 saturated heterocycles. The molecule has 0 aliphatic carbocycles. The van der Waals surface area contributed by atoms with E-state index in [-0.39, 0.29) is 17.6 Å². The topological polar surface area (TPSA) is 80.8 Å². The van der Waals surface area contributed by atoms with E-state index in [0.717, 1.165) is 46.7 Å². The Hall–Kier alpha value is -3.45. The van der Waals surface area contributed by atoms with Crippen LogP contribution in [0.2, 0.25) is 0 Å². The minimum absolute atomic E-state index is 0.165. The Bertz CT molecular complexity index is 1130. The second-order valence-electron chi connectivity index (χ2n) is 7.23. The maximum absolute atomic E-state index is 13.3. The number of aromatic amines is 2. The lowest BCUT2D eigenvalue weighted by Gasteiger charge is -2.35. The zero-order valence-electron chi connectivity index (χ0n) is 15.6. The summed E-state index contributed by atoms with van der Waals surface area (Å²) in [6.45, 7) is 1.43. The average molecular weight is 389 g/mol. The monoisotopic (exact) mass is 389 g/mol.